The molecular weight excluding hydrogens is 376 g/mol. The second kappa shape index (κ2) is 8.14. The third kappa shape index (κ3) is 3.79. The lowest BCUT2D eigenvalue weighted by molar-refractivity contribution is -0.148. The van der Waals surface area contributed by atoms with Gasteiger partial charge in [-0.1, -0.05) is 12.1 Å². The zero-order chi connectivity index (χ0) is 20.4. The summed E-state index contributed by atoms with van der Waals surface area (Å²) < 4.78 is 16.7. The predicted molar refractivity (Wildman–Crippen MR) is 108 cm³/mol. The normalized spacial score (nSPS) is 21.1. The molecule has 2 heterocycles. The number of carbonyl (C=O) groups excluding carboxylic acids is 1. The summed E-state index contributed by atoms with van der Waals surface area (Å²) in [7, 11) is 0. The molecule has 0 saturated carbocycles. The number of carbonyl (C=O) groups is 1. The van der Waals surface area contributed by atoms with E-state index >= 15 is 0 Å². The number of hydrogen-bond donors (Lipinski definition) is 1. The summed E-state index contributed by atoms with van der Waals surface area (Å²) in [6.07, 6.45) is 1.20. The van der Waals surface area contributed by atoms with Crippen molar-refractivity contribution in [3.05, 3.63) is 44.7 Å². The van der Waals surface area contributed by atoms with Crippen LogP contribution in [0, 0.1) is 5.92 Å². The molecule has 1 N–H and O–H groups in total. The van der Waals surface area contributed by atoms with Crippen LogP contribution >= 0.6 is 0 Å². The summed E-state index contributed by atoms with van der Waals surface area (Å²) in [5.74, 6) is 0.810. The molecule has 0 unspecified atom stereocenters. The summed E-state index contributed by atoms with van der Waals surface area (Å²) in [5.41, 5.74) is -0.387. The van der Waals surface area contributed by atoms with Crippen molar-refractivity contribution in [3.8, 4) is 11.5 Å². The number of para-hydroxylation sites is 2. The van der Waals surface area contributed by atoms with Gasteiger partial charge in [0.2, 0.25) is 0 Å². The third-order valence-corrected chi connectivity index (χ3v) is 5.32. The lowest BCUT2D eigenvalue weighted by atomic mass is 9.96. The minimum atomic E-state index is -0.532. The Hall–Kier alpha value is -3.03. The van der Waals surface area contributed by atoms with Gasteiger partial charge in [0.25, 0.3) is 10.9 Å². The molecule has 0 aliphatic carbocycles. The van der Waals surface area contributed by atoms with Crippen LogP contribution in [-0.4, -0.2) is 44.9 Å². The molecule has 2 aliphatic heterocycles. The first-order chi connectivity index (χ1) is 14.1. The number of benzene rings is 1. The highest BCUT2D eigenvalue weighted by atomic mass is 16.6. The maximum Gasteiger partial charge on any atom is 0.310 e. The standard InChI is InChI=1S/C21H24N2O6/c1-2-27-21(26)13-6-5-9-23(11-13)18-17(19(24)20(18)25)22-10-14-12-28-15-7-3-4-8-16(15)29-14/h3-4,7-8,13-14,22H,2,5-6,9-12H2,1H3/t13-,14-/m0/s1. The van der Waals surface area contributed by atoms with E-state index in [1.807, 2.05) is 29.2 Å². The number of fused-ring (bicyclic) bond motifs is 1. The number of esters is 1. The van der Waals surface area contributed by atoms with Crippen molar-refractivity contribution >= 4 is 17.3 Å². The van der Waals surface area contributed by atoms with Crippen LogP contribution in [-0.2, 0) is 9.53 Å². The molecule has 2 aromatic carbocycles. The molecule has 0 amide bonds. The van der Waals surface area contributed by atoms with Crippen molar-refractivity contribution in [2.24, 2.45) is 5.92 Å². The van der Waals surface area contributed by atoms with Crippen molar-refractivity contribution < 1.29 is 19.0 Å². The molecule has 154 valence electrons. The third-order valence-electron chi connectivity index (χ3n) is 5.32. The average Bonchev–Trinajstić information content (AvgIpc) is 2.76. The molecule has 8 heteroatoms. The van der Waals surface area contributed by atoms with E-state index in [0.29, 0.717) is 55.7 Å². The van der Waals surface area contributed by atoms with Gasteiger partial charge < -0.3 is 24.4 Å². The number of anilines is 2. The van der Waals surface area contributed by atoms with Crippen molar-refractivity contribution in [2.75, 3.05) is 43.1 Å². The first-order valence-electron chi connectivity index (χ1n) is 9.95. The van der Waals surface area contributed by atoms with E-state index in [4.69, 9.17) is 14.2 Å². The van der Waals surface area contributed by atoms with Crippen LogP contribution in [0.25, 0.3) is 0 Å². The molecule has 2 aliphatic rings. The van der Waals surface area contributed by atoms with E-state index in [1.54, 1.807) is 6.92 Å². The van der Waals surface area contributed by atoms with Crippen LogP contribution < -0.4 is 30.5 Å². The molecule has 2 atom stereocenters. The van der Waals surface area contributed by atoms with Gasteiger partial charge in [0.05, 0.1) is 19.1 Å². The van der Waals surface area contributed by atoms with E-state index in [1.165, 1.54) is 0 Å². The largest absolute Gasteiger partial charge is 0.486 e. The molecule has 0 bridgehead atoms. The Kier molecular flexibility index (Phi) is 5.42. The van der Waals surface area contributed by atoms with Crippen LogP contribution in [0.5, 0.6) is 11.5 Å². The molecule has 1 saturated heterocycles. The number of nitrogens with zero attached hydrogens (tertiary/aromatic N) is 1. The van der Waals surface area contributed by atoms with Gasteiger partial charge in [0.15, 0.2) is 11.5 Å². The molecule has 0 aromatic heterocycles. The van der Waals surface area contributed by atoms with Gasteiger partial charge in [-0.25, -0.2) is 0 Å². The van der Waals surface area contributed by atoms with Gasteiger partial charge in [0, 0.05) is 13.1 Å². The van der Waals surface area contributed by atoms with Crippen LogP contribution in [0.2, 0.25) is 0 Å². The predicted octanol–water partition coefficient (Wildman–Crippen LogP) is 1.31. The molecule has 4 rings (SSSR count). The summed E-state index contributed by atoms with van der Waals surface area (Å²) >= 11 is 0. The van der Waals surface area contributed by atoms with E-state index in [2.05, 4.69) is 5.32 Å². The maximum absolute atomic E-state index is 12.2. The monoisotopic (exact) mass is 400 g/mol. The van der Waals surface area contributed by atoms with Gasteiger partial charge in [-0.05, 0) is 31.9 Å². The van der Waals surface area contributed by atoms with Gasteiger partial charge in [-0.2, -0.15) is 0 Å². The highest BCUT2D eigenvalue weighted by Gasteiger charge is 2.33. The highest BCUT2D eigenvalue weighted by molar-refractivity contribution is 5.78. The Morgan fingerprint density at radius 3 is 2.83 bits per heavy atom. The lowest BCUT2D eigenvalue weighted by Crippen LogP contribution is -2.48. The average molecular weight is 400 g/mol. The van der Waals surface area contributed by atoms with Crippen LogP contribution in [0.1, 0.15) is 19.8 Å². The van der Waals surface area contributed by atoms with E-state index < -0.39 is 10.9 Å². The molecule has 0 radical (unpaired) electrons. The molecular formula is C21H24N2O6. The first-order valence-corrected chi connectivity index (χ1v) is 9.95. The first kappa shape index (κ1) is 19.3. The topological polar surface area (TPSA) is 94.2 Å². The molecule has 2 aromatic rings. The van der Waals surface area contributed by atoms with E-state index in [9.17, 15) is 14.4 Å². The van der Waals surface area contributed by atoms with Crippen molar-refractivity contribution in [1.82, 2.24) is 0 Å². The van der Waals surface area contributed by atoms with Crippen molar-refractivity contribution in [3.63, 3.8) is 0 Å². The zero-order valence-electron chi connectivity index (χ0n) is 16.3. The smallest absolute Gasteiger partial charge is 0.310 e. The van der Waals surface area contributed by atoms with Crippen molar-refractivity contribution in [2.45, 2.75) is 25.9 Å². The Morgan fingerprint density at radius 2 is 2.03 bits per heavy atom. The molecule has 0 spiro atoms. The van der Waals surface area contributed by atoms with Crippen LogP contribution in [0.3, 0.4) is 0 Å². The number of hydrogen-bond acceptors (Lipinski definition) is 8. The van der Waals surface area contributed by atoms with Crippen molar-refractivity contribution in [1.29, 1.82) is 0 Å². The number of piperidine rings is 1. The highest BCUT2D eigenvalue weighted by Crippen LogP contribution is 2.31. The fraction of sp³-hybridized carbons (Fsp3) is 0.476. The molecule has 29 heavy (non-hydrogen) atoms. The minimum absolute atomic E-state index is 0.253. The maximum atomic E-state index is 12.2. The zero-order valence-corrected chi connectivity index (χ0v) is 16.3. The lowest BCUT2D eigenvalue weighted by Gasteiger charge is -2.35. The summed E-state index contributed by atoms with van der Waals surface area (Å²) in [6.45, 7) is 3.80. The fourth-order valence-electron chi connectivity index (χ4n) is 3.86. The quantitative estimate of drug-likeness (QED) is 0.573. The van der Waals surface area contributed by atoms with E-state index in [0.717, 1.165) is 12.8 Å². The van der Waals surface area contributed by atoms with Crippen LogP contribution in [0.4, 0.5) is 11.4 Å². The Balaban J connectivity index is 1.41. The molecule has 1 fully saturated rings. The summed E-state index contributed by atoms with van der Waals surface area (Å²) in [5, 5.41) is 3.06. The van der Waals surface area contributed by atoms with E-state index in [-0.39, 0.29) is 18.0 Å². The Bertz CT molecular complexity index is 964. The summed E-state index contributed by atoms with van der Waals surface area (Å²) in [4.78, 5) is 38.3. The van der Waals surface area contributed by atoms with Gasteiger partial charge in [-0.3, -0.25) is 14.4 Å². The SMILES string of the molecule is CCOC(=O)[C@H]1CCCN(c2c(NC[C@H]3COc4ccccc4O3)c(=O)c2=O)C1. The number of nitrogens with one attached hydrogen (secondary N) is 1. The Morgan fingerprint density at radius 1 is 1.24 bits per heavy atom. The fourth-order valence-corrected chi connectivity index (χ4v) is 3.86. The summed E-state index contributed by atoms with van der Waals surface area (Å²) in [6, 6.07) is 7.40. The van der Waals surface area contributed by atoms with Gasteiger partial charge in [0.1, 0.15) is 24.1 Å². The minimum Gasteiger partial charge on any atom is -0.486 e. The Labute approximate surface area is 168 Å². The second-order valence-electron chi connectivity index (χ2n) is 7.30. The van der Waals surface area contributed by atoms with Crippen LogP contribution in [0.15, 0.2) is 33.9 Å². The second-order valence-corrected chi connectivity index (χ2v) is 7.30. The number of ether oxygens (including phenoxy) is 3. The molecule has 8 nitrogen and oxygen atoms in total. The van der Waals surface area contributed by atoms with Gasteiger partial charge in [-0.15, -0.1) is 0 Å². The van der Waals surface area contributed by atoms with Gasteiger partial charge >= 0.3 is 5.97 Å². The number of rotatable bonds is 6.